The summed E-state index contributed by atoms with van der Waals surface area (Å²) in [4.78, 5) is 31.8. The molecule has 4 heterocycles. The van der Waals surface area contributed by atoms with Crippen molar-refractivity contribution >= 4 is 22.5 Å². The lowest BCUT2D eigenvalue weighted by atomic mass is 10.0. The third-order valence-corrected chi connectivity index (χ3v) is 6.92. The molecule has 3 aromatic rings. The standard InChI is InChI=1S/C24H27FN6O2/c1-26-23(32)19-5-6-21(29-28-19)30-11-8-17(9-12-30)31-10-7-16(14-31)20-13-15-3-2-4-18(25)22(15)24(33)27-20/h2-6,13,16-17H,7-12,14H2,1H3,(H,26,32)(H,27,33). The first-order chi connectivity index (χ1) is 16.0. The Morgan fingerprint density at radius 2 is 1.94 bits per heavy atom. The van der Waals surface area contributed by atoms with Crippen molar-refractivity contribution in [1.82, 2.24) is 25.4 Å². The molecule has 0 spiro atoms. The molecule has 1 amide bonds. The Hall–Kier alpha value is -3.33. The zero-order valence-corrected chi connectivity index (χ0v) is 18.6. The van der Waals surface area contributed by atoms with Crippen molar-refractivity contribution in [2.75, 3.05) is 38.1 Å². The number of hydrogen-bond acceptors (Lipinski definition) is 6. The van der Waals surface area contributed by atoms with Gasteiger partial charge in [-0.2, -0.15) is 0 Å². The summed E-state index contributed by atoms with van der Waals surface area (Å²) in [6.07, 6.45) is 3.01. The average molecular weight is 451 g/mol. The lowest BCUT2D eigenvalue weighted by Gasteiger charge is -2.37. The zero-order chi connectivity index (χ0) is 22.9. The number of carbonyl (C=O) groups is 1. The molecule has 8 nitrogen and oxygen atoms in total. The molecule has 33 heavy (non-hydrogen) atoms. The smallest absolute Gasteiger partial charge is 0.271 e. The summed E-state index contributed by atoms with van der Waals surface area (Å²) in [5.74, 6) is 0.315. The van der Waals surface area contributed by atoms with E-state index >= 15 is 0 Å². The number of hydrogen-bond donors (Lipinski definition) is 2. The molecular formula is C24H27FN6O2. The molecule has 0 bridgehead atoms. The molecule has 2 aliphatic rings. The lowest BCUT2D eigenvalue weighted by Crippen LogP contribution is -2.44. The van der Waals surface area contributed by atoms with Gasteiger partial charge in [0.1, 0.15) is 5.82 Å². The monoisotopic (exact) mass is 450 g/mol. The van der Waals surface area contributed by atoms with E-state index in [0.29, 0.717) is 17.1 Å². The van der Waals surface area contributed by atoms with Gasteiger partial charge in [-0.15, -0.1) is 10.2 Å². The number of halogens is 1. The number of pyridine rings is 1. The first-order valence-corrected chi connectivity index (χ1v) is 11.4. The van der Waals surface area contributed by atoms with Gasteiger partial charge in [-0.3, -0.25) is 14.5 Å². The van der Waals surface area contributed by atoms with Crippen LogP contribution in [0, 0.1) is 5.82 Å². The van der Waals surface area contributed by atoms with Gasteiger partial charge < -0.3 is 15.2 Å². The largest absolute Gasteiger partial charge is 0.355 e. The predicted molar refractivity (Wildman–Crippen MR) is 124 cm³/mol. The molecule has 1 aromatic carbocycles. The van der Waals surface area contributed by atoms with E-state index in [-0.39, 0.29) is 22.8 Å². The number of nitrogens with zero attached hydrogens (tertiary/aromatic N) is 4. The van der Waals surface area contributed by atoms with Gasteiger partial charge in [-0.05, 0) is 55.5 Å². The second-order valence-electron chi connectivity index (χ2n) is 8.81. The molecule has 172 valence electrons. The molecule has 5 rings (SSSR count). The summed E-state index contributed by atoms with van der Waals surface area (Å²) < 4.78 is 14.0. The van der Waals surface area contributed by atoms with Crippen LogP contribution in [0.3, 0.4) is 0 Å². The van der Waals surface area contributed by atoms with E-state index in [1.54, 1.807) is 25.2 Å². The summed E-state index contributed by atoms with van der Waals surface area (Å²) in [5, 5.41) is 11.6. The van der Waals surface area contributed by atoms with Crippen LogP contribution < -0.4 is 15.8 Å². The van der Waals surface area contributed by atoms with E-state index in [2.05, 4.69) is 30.3 Å². The Morgan fingerprint density at radius 3 is 2.67 bits per heavy atom. The van der Waals surface area contributed by atoms with E-state index in [1.165, 1.54) is 6.07 Å². The molecule has 0 radical (unpaired) electrons. The summed E-state index contributed by atoms with van der Waals surface area (Å²) in [6.45, 7) is 3.64. The molecular weight excluding hydrogens is 423 g/mol. The highest BCUT2D eigenvalue weighted by Crippen LogP contribution is 2.31. The normalized spacial score (nSPS) is 19.8. The Balaban J connectivity index is 1.21. The van der Waals surface area contributed by atoms with Gasteiger partial charge in [0.2, 0.25) is 0 Å². The van der Waals surface area contributed by atoms with Crippen molar-refractivity contribution in [3.05, 3.63) is 64.0 Å². The number of aromatic amines is 1. The molecule has 2 N–H and O–H groups in total. The Bertz CT molecular complexity index is 1220. The molecule has 1 unspecified atom stereocenters. The number of amides is 1. The van der Waals surface area contributed by atoms with Gasteiger partial charge in [0, 0.05) is 44.3 Å². The number of likely N-dealkylation sites (tertiary alicyclic amines) is 1. The van der Waals surface area contributed by atoms with Gasteiger partial charge >= 0.3 is 0 Å². The van der Waals surface area contributed by atoms with Gasteiger partial charge in [0.25, 0.3) is 11.5 Å². The van der Waals surface area contributed by atoms with Crippen LogP contribution in [-0.4, -0.2) is 65.3 Å². The molecule has 2 fully saturated rings. The highest BCUT2D eigenvalue weighted by Gasteiger charge is 2.32. The molecule has 0 saturated carbocycles. The Labute approximate surface area is 190 Å². The number of nitrogens with one attached hydrogen (secondary N) is 2. The van der Waals surface area contributed by atoms with E-state index in [4.69, 9.17) is 0 Å². The van der Waals surface area contributed by atoms with Crippen molar-refractivity contribution in [2.24, 2.45) is 0 Å². The maximum atomic E-state index is 14.0. The number of aromatic nitrogens is 3. The van der Waals surface area contributed by atoms with Crippen LogP contribution in [0.5, 0.6) is 0 Å². The van der Waals surface area contributed by atoms with E-state index in [0.717, 1.165) is 57.0 Å². The summed E-state index contributed by atoms with van der Waals surface area (Å²) >= 11 is 0. The van der Waals surface area contributed by atoms with Crippen molar-refractivity contribution in [2.45, 2.75) is 31.2 Å². The maximum absolute atomic E-state index is 14.0. The molecule has 2 saturated heterocycles. The highest BCUT2D eigenvalue weighted by molar-refractivity contribution is 5.91. The van der Waals surface area contributed by atoms with Crippen LogP contribution in [-0.2, 0) is 0 Å². The Morgan fingerprint density at radius 1 is 1.12 bits per heavy atom. The molecule has 2 aliphatic heterocycles. The molecule has 0 aliphatic carbocycles. The van der Waals surface area contributed by atoms with Crippen LogP contribution in [0.4, 0.5) is 10.2 Å². The fraction of sp³-hybridized carbons (Fsp3) is 0.417. The third kappa shape index (κ3) is 4.20. The van der Waals surface area contributed by atoms with Crippen LogP contribution >= 0.6 is 0 Å². The lowest BCUT2D eigenvalue weighted by molar-refractivity contribution is 0.0957. The molecule has 1 atom stereocenters. The van der Waals surface area contributed by atoms with Crippen molar-refractivity contribution in [1.29, 1.82) is 0 Å². The van der Waals surface area contributed by atoms with Crippen molar-refractivity contribution in [3.8, 4) is 0 Å². The van der Waals surface area contributed by atoms with Gasteiger partial charge in [0.05, 0.1) is 5.39 Å². The highest BCUT2D eigenvalue weighted by atomic mass is 19.1. The quantitative estimate of drug-likeness (QED) is 0.633. The number of H-pyrrole nitrogens is 1. The van der Waals surface area contributed by atoms with E-state index in [9.17, 15) is 14.0 Å². The van der Waals surface area contributed by atoms with Crippen molar-refractivity contribution < 1.29 is 9.18 Å². The maximum Gasteiger partial charge on any atom is 0.271 e. The molecule has 9 heteroatoms. The Kier molecular flexibility index (Phi) is 5.80. The minimum atomic E-state index is -0.479. The SMILES string of the molecule is CNC(=O)c1ccc(N2CCC(N3CCC(c4cc5cccc(F)c5c(=O)[nH]4)C3)CC2)nn1. The average Bonchev–Trinajstić information content (AvgIpc) is 3.34. The number of carbonyl (C=O) groups excluding carboxylic acids is 1. The zero-order valence-electron chi connectivity index (χ0n) is 18.6. The van der Waals surface area contributed by atoms with Gasteiger partial charge in [-0.1, -0.05) is 12.1 Å². The number of rotatable bonds is 4. The van der Waals surface area contributed by atoms with Crippen LogP contribution in [0.25, 0.3) is 10.8 Å². The number of benzene rings is 1. The topological polar surface area (TPSA) is 94.2 Å². The van der Waals surface area contributed by atoms with Crippen LogP contribution in [0.1, 0.15) is 41.4 Å². The first kappa shape index (κ1) is 21.5. The number of fused-ring (bicyclic) bond motifs is 1. The van der Waals surface area contributed by atoms with Gasteiger partial charge in [0.15, 0.2) is 11.5 Å². The predicted octanol–water partition coefficient (Wildman–Crippen LogP) is 2.28. The number of anilines is 1. The summed E-state index contributed by atoms with van der Waals surface area (Å²) in [5.41, 5.74) is 0.856. The first-order valence-electron chi connectivity index (χ1n) is 11.4. The second-order valence-corrected chi connectivity index (χ2v) is 8.81. The van der Waals surface area contributed by atoms with E-state index in [1.807, 2.05) is 12.1 Å². The third-order valence-electron chi connectivity index (χ3n) is 6.92. The fourth-order valence-corrected chi connectivity index (χ4v) is 5.09. The summed E-state index contributed by atoms with van der Waals surface area (Å²) in [6, 6.07) is 10.7. The second kappa shape index (κ2) is 8.90. The molecule has 2 aromatic heterocycles. The number of piperidine rings is 1. The van der Waals surface area contributed by atoms with Gasteiger partial charge in [-0.25, -0.2) is 4.39 Å². The van der Waals surface area contributed by atoms with E-state index < -0.39 is 5.82 Å². The van der Waals surface area contributed by atoms with Crippen molar-refractivity contribution in [3.63, 3.8) is 0 Å². The fourth-order valence-electron chi connectivity index (χ4n) is 5.09. The van der Waals surface area contributed by atoms with Crippen LogP contribution in [0.15, 0.2) is 41.2 Å². The van der Waals surface area contributed by atoms with Crippen LogP contribution in [0.2, 0.25) is 0 Å². The minimum Gasteiger partial charge on any atom is -0.355 e. The minimum absolute atomic E-state index is 0.134. The summed E-state index contributed by atoms with van der Waals surface area (Å²) in [7, 11) is 1.57.